The van der Waals surface area contributed by atoms with Gasteiger partial charge in [0.15, 0.2) is 0 Å². The van der Waals surface area contributed by atoms with Gasteiger partial charge in [0.2, 0.25) is 0 Å². The van der Waals surface area contributed by atoms with Gasteiger partial charge in [-0.3, -0.25) is 14.5 Å². The molecule has 0 unspecified atom stereocenters. The van der Waals surface area contributed by atoms with E-state index < -0.39 is 0 Å². The number of amides is 2. The average molecular weight is 453 g/mol. The Kier molecular flexibility index (Phi) is 8.49. The number of methoxy groups -OCH3 is 1. The minimum atomic E-state index is -0.363. The molecule has 1 aliphatic heterocycles. The van der Waals surface area contributed by atoms with Gasteiger partial charge in [0, 0.05) is 19.8 Å². The average Bonchev–Trinajstić information content (AvgIpc) is 3.05. The number of nitrogens with one attached hydrogen (secondary N) is 1. The Labute approximate surface area is 195 Å². The molecule has 33 heavy (non-hydrogen) atoms. The van der Waals surface area contributed by atoms with Gasteiger partial charge in [0.05, 0.1) is 25.0 Å². The maximum atomic E-state index is 13.3. The number of hydrogen-bond acceptors (Lipinski definition) is 6. The van der Waals surface area contributed by atoms with E-state index in [1.165, 1.54) is 4.90 Å². The van der Waals surface area contributed by atoms with Crippen LogP contribution < -0.4 is 14.8 Å². The number of imide groups is 1. The van der Waals surface area contributed by atoms with E-state index in [-0.39, 0.29) is 24.1 Å². The molecule has 7 nitrogen and oxygen atoms in total. The Morgan fingerprint density at radius 2 is 1.73 bits per heavy atom. The molecule has 0 aliphatic carbocycles. The van der Waals surface area contributed by atoms with Crippen molar-refractivity contribution >= 4 is 23.1 Å². The monoisotopic (exact) mass is 452 g/mol. The number of carbonyl (C=O) groups is 2. The Hall–Kier alpha value is -3.32. The predicted molar refractivity (Wildman–Crippen MR) is 128 cm³/mol. The number of nitrogens with zero attached hydrogens (tertiary/aromatic N) is 1. The lowest BCUT2D eigenvalue weighted by atomic mass is 10.0. The van der Waals surface area contributed by atoms with Crippen molar-refractivity contribution in [2.24, 2.45) is 5.92 Å². The summed E-state index contributed by atoms with van der Waals surface area (Å²) >= 11 is 0. The summed E-state index contributed by atoms with van der Waals surface area (Å²) in [4.78, 5) is 27.9. The molecule has 2 aromatic rings. The fourth-order valence-corrected chi connectivity index (χ4v) is 3.50. The Morgan fingerprint density at radius 1 is 1.00 bits per heavy atom. The molecule has 0 bridgehead atoms. The number of anilines is 1. The SMILES string of the molecule is CCOCCCN1C(=O)C(Nc2ccccc2OC)=C(c2ccc(OCC(C)C)cc2)C1=O. The van der Waals surface area contributed by atoms with E-state index in [0.29, 0.717) is 54.7 Å². The van der Waals surface area contributed by atoms with Gasteiger partial charge >= 0.3 is 0 Å². The van der Waals surface area contributed by atoms with Crippen LogP contribution in [0.1, 0.15) is 32.8 Å². The number of ether oxygens (including phenoxy) is 3. The van der Waals surface area contributed by atoms with E-state index in [1.807, 2.05) is 49.4 Å². The Balaban J connectivity index is 1.92. The molecule has 7 heteroatoms. The molecule has 1 heterocycles. The van der Waals surface area contributed by atoms with E-state index in [2.05, 4.69) is 19.2 Å². The van der Waals surface area contributed by atoms with E-state index >= 15 is 0 Å². The first-order valence-corrected chi connectivity index (χ1v) is 11.3. The van der Waals surface area contributed by atoms with Crippen LogP contribution in [0.15, 0.2) is 54.2 Å². The normalized spacial score (nSPS) is 13.8. The van der Waals surface area contributed by atoms with Crippen molar-refractivity contribution in [2.45, 2.75) is 27.2 Å². The van der Waals surface area contributed by atoms with Gasteiger partial charge in [0.25, 0.3) is 11.8 Å². The third-order valence-electron chi connectivity index (χ3n) is 5.14. The van der Waals surface area contributed by atoms with Crippen LogP contribution in [0.2, 0.25) is 0 Å². The number of rotatable bonds is 12. The summed E-state index contributed by atoms with van der Waals surface area (Å²) in [6.45, 7) is 8.05. The maximum Gasteiger partial charge on any atom is 0.278 e. The van der Waals surface area contributed by atoms with Crippen LogP contribution in [0.4, 0.5) is 5.69 Å². The van der Waals surface area contributed by atoms with E-state index in [0.717, 1.165) is 5.75 Å². The molecule has 0 saturated carbocycles. The van der Waals surface area contributed by atoms with Crippen LogP contribution >= 0.6 is 0 Å². The standard InChI is InChI=1S/C26H32N2O5/c1-5-32-16-8-15-28-25(29)23(19-11-13-20(14-12-19)33-17-18(2)3)24(26(28)30)27-21-9-6-7-10-22(21)31-4/h6-7,9-14,18,27H,5,8,15-17H2,1-4H3. The molecule has 0 aromatic heterocycles. The van der Waals surface area contributed by atoms with Crippen molar-refractivity contribution < 1.29 is 23.8 Å². The molecule has 1 aliphatic rings. The lowest BCUT2D eigenvalue weighted by molar-refractivity contribution is -0.137. The van der Waals surface area contributed by atoms with Gasteiger partial charge in [-0.05, 0) is 49.1 Å². The van der Waals surface area contributed by atoms with Crippen molar-refractivity contribution in [3.8, 4) is 11.5 Å². The topological polar surface area (TPSA) is 77.1 Å². The Bertz CT molecular complexity index is 998. The molecular weight excluding hydrogens is 420 g/mol. The van der Waals surface area contributed by atoms with Crippen molar-refractivity contribution in [2.75, 3.05) is 38.8 Å². The maximum absolute atomic E-state index is 13.3. The van der Waals surface area contributed by atoms with Gasteiger partial charge in [0.1, 0.15) is 17.2 Å². The Morgan fingerprint density at radius 3 is 2.39 bits per heavy atom. The van der Waals surface area contributed by atoms with Crippen molar-refractivity contribution in [1.29, 1.82) is 0 Å². The predicted octanol–water partition coefficient (Wildman–Crippen LogP) is 4.35. The van der Waals surface area contributed by atoms with Crippen LogP contribution in [0, 0.1) is 5.92 Å². The minimum Gasteiger partial charge on any atom is -0.495 e. The lowest BCUT2D eigenvalue weighted by Gasteiger charge is -2.15. The van der Waals surface area contributed by atoms with Gasteiger partial charge < -0.3 is 19.5 Å². The molecule has 1 N–H and O–H groups in total. The van der Waals surface area contributed by atoms with Gasteiger partial charge in [-0.25, -0.2) is 0 Å². The van der Waals surface area contributed by atoms with Crippen LogP contribution in [0.3, 0.4) is 0 Å². The van der Waals surface area contributed by atoms with Crippen LogP contribution in [0.25, 0.3) is 5.57 Å². The second-order valence-electron chi connectivity index (χ2n) is 8.12. The van der Waals surface area contributed by atoms with Crippen molar-refractivity contribution in [3.05, 3.63) is 59.8 Å². The van der Waals surface area contributed by atoms with Crippen molar-refractivity contribution in [3.63, 3.8) is 0 Å². The minimum absolute atomic E-state index is 0.233. The molecule has 2 aromatic carbocycles. The fraction of sp³-hybridized carbons (Fsp3) is 0.385. The van der Waals surface area contributed by atoms with Gasteiger partial charge in [-0.2, -0.15) is 0 Å². The second-order valence-corrected chi connectivity index (χ2v) is 8.12. The number of carbonyl (C=O) groups excluding carboxylic acids is 2. The first-order valence-electron chi connectivity index (χ1n) is 11.3. The summed E-state index contributed by atoms with van der Waals surface area (Å²) < 4.78 is 16.5. The molecule has 3 rings (SSSR count). The highest BCUT2D eigenvalue weighted by molar-refractivity contribution is 6.36. The second kappa shape index (κ2) is 11.5. The number of hydrogen-bond donors (Lipinski definition) is 1. The van der Waals surface area contributed by atoms with Crippen LogP contribution in [0.5, 0.6) is 11.5 Å². The molecule has 0 radical (unpaired) electrons. The highest BCUT2D eigenvalue weighted by atomic mass is 16.5. The largest absolute Gasteiger partial charge is 0.495 e. The number of para-hydroxylation sites is 2. The van der Waals surface area contributed by atoms with Gasteiger partial charge in [-0.15, -0.1) is 0 Å². The van der Waals surface area contributed by atoms with Crippen LogP contribution in [-0.4, -0.2) is 50.2 Å². The third kappa shape index (κ3) is 5.93. The summed E-state index contributed by atoms with van der Waals surface area (Å²) in [5, 5.41) is 3.16. The summed E-state index contributed by atoms with van der Waals surface area (Å²) in [6.07, 6.45) is 0.572. The smallest absolute Gasteiger partial charge is 0.278 e. The molecule has 0 spiro atoms. The summed E-state index contributed by atoms with van der Waals surface area (Å²) in [5.41, 5.74) is 1.83. The summed E-state index contributed by atoms with van der Waals surface area (Å²) in [7, 11) is 1.56. The fourth-order valence-electron chi connectivity index (χ4n) is 3.50. The summed E-state index contributed by atoms with van der Waals surface area (Å²) in [6, 6.07) is 14.5. The van der Waals surface area contributed by atoms with E-state index in [1.54, 1.807) is 13.2 Å². The number of benzene rings is 2. The highest BCUT2D eigenvalue weighted by Crippen LogP contribution is 2.34. The molecule has 0 atom stereocenters. The quantitative estimate of drug-likeness (QED) is 0.381. The highest BCUT2D eigenvalue weighted by Gasteiger charge is 2.39. The molecular formula is C26H32N2O5. The van der Waals surface area contributed by atoms with E-state index in [4.69, 9.17) is 14.2 Å². The lowest BCUT2D eigenvalue weighted by Crippen LogP contribution is -2.34. The zero-order valence-electron chi connectivity index (χ0n) is 19.7. The third-order valence-corrected chi connectivity index (χ3v) is 5.14. The first-order chi connectivity index (χ1) is 16.0. The zero-order valence-corrected chi connectivity index (χ0v) is 19.7. The van der Waals surface area contributed by atoms with E-state index in [9.17, 15) is 9.59 Å². The molecule has 176 valence electrons. The molecule has 2 amide bonds. The first kappa shape index (κ1) is 24.3. The summed E-state index contributed by atoms with van der Waals surface area (Å²) in [5.74, 6) is 1.01. The van der Waals surface area contributed by atoms with Crippen molar-refractivity contribution in [1.82, 2.24) is 4.90 Å². The molecule has 0 fully saturated rings. The van der Waals surface area contributed by atoms with Gasteiger partial charge in [-0.1, -0.05) is 38.1 Å². The zero-order chi connectivity index (χ0) is 23.8. The van der Waals surface area contributed by atoms with Crippen LogP contribution in [-0.2, 0) is 14.3 Å². The molecule has 0 saturated heterocycles.